The number of ketones is 1. The molecule has 8 heteroatoms. The van der Waals surface area contributed by atoms with Gasteiger partial charge in [-0.05, 0) is 42.2 Å². The highest BCUT2D eigenvalue weighted by Crippen LogP contribution is 2.28. The number of hydrogen-bond acceptors (Lipinski definition) is 6. The van der Waals surface area contributed by atoms with Crippen LogP contribution in [-0.2, 0) is 22.4 Å². The van der Waals surface area contributed by atoms with Crippen LogP contribution in [-0.4, -0.2) is 40.6 Å². The average molecular weight is 385 g/mol. The standard InChI is InChI=1S/C20H24BNO6/c1-13-4-2-6-15(20(13)25)10-16(21(26)27)11-17(23)8-14-5-3-7-18(9-14)28-12-19(22)24/h2-7,9,16,25-27H,8,10-12H2,1H3,(H2,22,24). The minimum absolute atomic E-state index is 0.0581. The van der Waals surface area contributed by atoms with Gasteiger partial charge in [0.25, 0.3) is 5.91 Å². The molecule has 7 nitrogen and oxygen atoms in total. The Kier molecular flexibility index (Phi) is 7.60. The summed E-state index contributed by atoms with van der Waals surface area (Å²) >= 11 is 0. The molecule has 1 unspecified atom stereocenters. The first-order valence-corrected chi connectivity index (χ1v) is 8.91. The van der Waals surface area contributed by atoms with Crippen molar-refractivity contribution >= 4 is 18.8 Å². The number of aryl methyl sites for hydroxylation is 1. The number of ether oxygens (including phenoxy) is 1. The molecule has 2 rings (SSSR count). The largest absolute Gasteiger partial charge is 0.507 e. The SMILES string of the molecule is Cc1cccc(CC(CC(=O)Cc2cccc(OCC(N)=O)c2)B(O)O)c1O. The van der Waals surface area contributed by atoms with Gasteiger partial charge in [0.05, 0.1) is 0 Å². The second kappa shape index (κ2) is 9.91. The molecule has 28 heavy (non-hydrogen) atoms. The average Bonchev–Trinajstić information content (AvgIpc) is 2.63. The van der Waals surface area contributed by atoms with Crippen molar-refractivity contribution in [3.8, 4) is 11.5 Å². The fourth-order valence-electron chi connectivity index (χ4n) is 2.94. The van der Waals surface area contributed by atoms with E-state index in [1.807, 2.05) is 0 Å². The Balaban J connectivity index is 2.01. The number of phenols is 1. The summed E-state index contributed by atoms with van der Waals surface area (Å²) in [5, 5.41) is 29.5. The van der Waals surface area contributed by atoms with Crippen LogP contribution in [0.5, 0.6) is 11.5 Å². The Bertz CT molecular complexity index is 839. The number of phenolic OH excluding ortho intramolecular Hbond substituents is 1. The number of amides is 1. The van der Waals surface area contributed by atoms with Crippen LogP contribution in [0.1, 0.15) is 23.1 Å². The van der Waals surface area contributed by atoms with Crippen molar-refractivity contribution in [3.63, 3.8) is 0 Å². The molecule has 0 bridgehead atoms. The summed E-state index contributed by atoms with van der Waals surface area (Å²) in [5.41, 5.74) is 6.97. The number of carbonyl (C=O) groups is 2. The zero-order valence-corrected chi connectivity index (χ0v) is 15.7. The number of primary amides is 1. The number of rotatable bonds is 10. The molecule has 148 valence electrons. The maximum absolute atomic E-state index is 12.4. The van der Waals surface area contributed by atoms with Gasteiger partial charge in [-0.15, -0.1) is 0 Å². The Morgan fingerprint density at radius 3 is 2.57 bits per heavy atom. The van der Waals surface area contributed by atoms with Gasteiger partial charge in [-0.25, -0.2) is 0 Å². The number of benzene rings is 2. The molecule has 2 aromatic rings. The smallest absolute Gasteiger partial charge is 0.455 e. The molecule has 0 saturated carbocycles. The second-order valence-electron chi connectivity index (χ2n) is 6.78. The van der Waals surface area contributed by atoms with E-state index in [4.69, 9.17) is 10.5 Å². The number of hydrogen-bond donors (Lipinski definition) is 4. The third-order valence-corrected chi connectivity index (χ3v) is 4.40. The molecule has 5 N–H and O–H groups in total. The van der Waals surface area contributed by atoms with E-state index in [1.165, 1.54) is 0 Å². The zero-order valence-electron chi connectivity index (χ0n) is 15.7. The van der Waals surface area contributed by atoms with E-state index in [2.05, 4.69) is 0 Å². The molecule has 0 aliphatic rings. The highest BCUT2D eigenvalue weighted by Gasteiger charge is 2.27. The Labute approximate surface area is 163 Å². The molecule has 0 aliphatic carbocycles. The van der Waals surface area contributed by atoms with Crippen LogP contribution in [0.15, 0.2) is 42.5 Å². The van der Waals surface area contributed by atoms with Crippen molar-refractivity contribution < 1.29 is 29.5 Å². The van der Waals surface area contributed by atoms with E-state index in [0.29, 0.717) is 22.4 Å². The maximum atomic E-state index is 12.4. The molecule has 1 amide bonds. The van der Waals surface area contributed by atoms with Crippen LogP contribution < -0.4 is 10.5 Å². The first-order valence-electron chi connectivity index (χ1n) is 8.91. The van der Waals surface area contributed by atoms with Gasteiger partial charge >= 0.3 is 7.12 Å². The Morgan fingerprint density at radius 1 is 1.18 bits per heavy atom. The Morgan fingerprint density at radius 2 is 1.89 bits per heavy atom. The summed E-state index contributed by atoms with van der Waals surface area (Å²) in [6.07, 6.45) is 0.187. The van der Waals surface area contributed by atoms with E-state index in [9.17, 15) is 24.7 Å². The van der Waals surface area contributed by atoms with Gasteiger partial charge in [0.15, 0.2) is 6.61 Å². The molecule has 0 spiro atoms. The molecule has 0 aromatic heterocycles. The summed E-state index contributed by atoms with van der Waals surface area (Å²) in [6.45, 7) is 1.50. The molecule has 1 atom stereocenters. The molecule has 0 radical (unpaired) electrons. The zero-order chi connectivity index (χ0) is 20.7. The van der Waals surface area contributed by atoms with Gasteiger partial charge in [0, 0.05) is 18.7 Å². The number of nitrogens with two attached hydrogens (primary N) is 1. The number of Topliss-reactive ketones (excluding diaryl/α,β-unsaturated/α-hetero) is 1. The fraction of sp³-hybridized carbons (Fsp3) is 0.300. The summed E-state index contributed by atoms with van der Waals surface area (Å²) in [4.78, 5) is 23.2. The van der Waals surface area contributed by atoms with Gasteiger partial charge in [-0.1, -0.05) is 30.3 Å². The molecule has 0 saturated heterocycles. The number of aromatic hydroxyl groups is 1. The minimum atomic E-state index is -1.69. The highest BCUT2D eigenvalue weighted by atomic mass is 16.5. The minimum Gasteiger partial charge on any atom is -0.507 e. The molecule has 0 heterocycles. The summed E-state index contributed by atoms with van der Waals surface area (Å²) in [6, 6.07) is 11.9. The lowest BCUT2D eigenvalue weighted by Gasteiger charge is -2.17. The van der Waals surface area contributed by atoms with Crippen LogP contribution in [0.25, 0.3) is 0 Å². The van der Waals surface area contributed by atoms with E-state index in [0.717, 1.165) is 0 Å². The number of para-hydroxylation sites is 1. The van der Waals surface area contributed by atoms with Gasteiger partial charge in [-0.2, -0.15) is 0 Å². The molecule has 0 fully saturated rings. The van der Waals surface area contributed by atoms with Crippen LogP contribution in [0.4, 0.5) is 0 Å². The monoisotopic (exact) mass is 385 g/mol. The Hall–Kier alpha value is -2.84. The summed E-state index contributed by atoms with van der Waals surface area (Å²) in [7, 11) is -1.69. The first-order chi connectivity index (χ1) is 13.3. The molecule has 2 aromatic carbocycles. The lowest BCUT2D eigenvalue weighted by atomic mass is 9.66. The van der Waals surface area contributed by atoms with Crippen molar-refractivity contribution in [2.75, 3.05) is 6.61 Å². The lowest BCUT2D eigenvalue weighted by molar-refractivity contribution is -0.120. The molecular weight excluding hydrogens is 361 g/mol. The van der Waals surface area contributed by atoms with Crippen LogP contribution in [0.2, 0.25) is 5.82 Å². The third kappa shape index (κ3) is 6.40. The fourth-order valence-corrected chi connectivity index (χ4v) is 2.94. The first kappa shape index (κ1) is 21.5. The van der Waals surface area contributed by atoms with Crippen molar-refractivity contribution in [3.05, 3.63) is 59.2 Å². The highest BCUT2D eigenvalue weighted by molar-refractivity contribution is 6.43. The van der Waals surface area contributed by atoms with Gasteiger partial charge in [0.1, 0.15) is 17.3 Å². The van der Waals surface area contributed by atoms with Gasteiger partial charge in [0.2, 0.25) is 0 Å². The van der Waals surface area contributed by atoms with Crippen molar-refractivity contribution in [2.45, 2.75) is 32.0 Å². The topological polar surface area (TPSA) is 130 Å². The van der Waals surface area contributed by atoms with E-state index in [1.54, 1.807) is 49.4 Å². The maximum Gasteiger partial charge on any atom is 0.455 e. The van der Waals surface area contributed by atoms with Crippen LogP contribution in [0.3, 0.4) is 0 Å². The van der Waals surface area contributed by atoms with E-state index < -0.39 is 18.8 Å². The molecular formula is C20H24BNO6. The molecule has 0 aliphatic heterocycles. The van der Waals surface area contributed by atoms with Crippen molar-refractivity contribution in [1.29, 1.82) is 0 Å². The van der Waals surface area contributed by atoms with E-state index in [-0.39, 0.29) is 37.4 Å². The van der Waals surface area contributed by atoms with Crippen LogP contribution in [0, 0.1) is 6.92 Å². The summed E-state index contributed by atoms with van der Waals surface area (Å²) in [5.74, 6) is -1.00. The third-order valence-electron chi connectivity index (χ3n) is 4.40. The normalized spacial score (nSPS) is 11.7. The number of carbonyl (C=O) groups excluding carboxylic acids is 2. The quantitative estimate of drug-likeness (QED) is 0.454. The van der Waals surface area contributed by atoms with Gasteiger partial charge < -0.3 is 25.6 Å². The lowest BCUT2D eigenvalue weighted by Crippen LogP contribution is -2.25. The van der Waals surface area contributed by atoms with Gasteiger partial charge in [-0.3, -0.25) is 9.59 Å². The summed E-state index contributed by atoms with van der Waals surface area (Å²) < 4.78 is 5.22. The van der Waals surface area contributed by atoms with E-state index >= 15 is 0 Å². The van der Waals surface area contributed by atoms with Crippen molar-refractivity contribution in [1.82, 2.24) is 0 Å². The predicted octanol–water partition coefficient (Wildman–Crippen LogP) is 1.15. The predicted molar refractivity (Wildman–Crippen MR) is 105 cm³/mol. The van der Waals surface area contributed by atoms with Crippen molar-refractivity contribution in [2.24, 2.45) is 5.73 Å². The van der Waals surface area contributed by atoms with Crippen LogP contribution >= 0.6 is 0 Å². The second-order valence-corrected chi connectivity index (χ2v) is 6.78.